The highest BCUT2D eigenvalue weighted by atomic mass is 19.1. The molecule has 2 atom stereocenters. The van der Waals surface area contributed by atoms with Crippen LogP contribution < -0.4 is 0 Å². The van der Waals surface area contributed by atoms with E-state index < -0.39 is 12.3 Å². The molecule has 0 radical (unpaired) electrons. The molecule has 0 amide bonds. The Morgan fingerprint density at radius 2 is 2.10 bits per heavy atom. The van der Waals surface area contributed by atoms with Crippen molar-refractivity contribution < 1.29 is 9.50 Å². The smallest absolute Gasteiger partial charge is 0.140 e. The summed E-state index contributed by atoms with van der Waals surface area (Å²) in [5, 5.41) is 9.00. The molecule has 60 valence electrons. The van der Waals surface area contributed by atoms with Crippen molar-refractivity contribution >= 4 is 0 Å². The van der Waals surface area contributed by atoms with Gasteiger partial charge in [-0.3, -0.25) is 4.90 Å². The van der Waals surface area contributed by atoms with Crippen LogP contribution in [0.25, 0.3) is 0 Å². The Hall–Kier alpha value is -0.150. The molecule has 0 aromatic heterocycles. The Labute approximate surface area is 60.6 Å². The Balaban J connectivity index is 2.41. The van der Waals surface area contributed by atoms with Crippen LogP contribution in [-0.4, -0.2) is 41.4 Å². The van der Waals surface area contributed by atoms with Gasteiger partial charge in [0.05, 0.1) is 6.10 Å². The summed E-state index contributed by atoms with van der Waals surface area (Å²) in [5.74, 6) is 0. The summed E-state index contributed by atoms with van der Waals surface area (Å²) in [6, 6.07) is 0.343. The van der Waals surface area contributed by atoms with Gasteiger partial charge in [0.25, 0.3) is 0 Å². The average molecular weight is 147 g/mol. The van der Waals surface area contributed by atoms with E-state index in [-0.39, 0.29) is 0 Å². The molecule has 0 aliphatic carbocycles. The van der Waals surface area contributed by atoms with Crippen LogP contribution in [-0.2, 0) is 0 Å². The zero-order valence-electron chi connectivity index (χ0n) is 6.42. The lowest BCUT2D eigenvalue weighted by Gasteiger charge is -2.18. The Kier molecular flexibility index (Phi) is 2.26. The van der Waals surface area contributed by atoms with E-state index in [2.05, 4.69) is 0 Å². The summed E-state index contributed by atoms with van der Waals surface area (Å²) in [7, 11) is 0. The van der Waals surface area contributed by atoms with E-state index >= 15 is 0 Å². The predicted octanol–water partition coefficient (Wildman–Crippen LogP) is 0.409. The molecule has 0 unspecified atom stereocenters. The summed E-state index contributed by atoms with van der Waals surface area (Å²) in [4.78, 5) is 1.94. The monoisotopic (exact) mass is 147 g/mol. The van der Waals surface area contributed by atoms with Gasteiger partial charge in [0.15, 0.2) is 0 Å². The fourth-order valence-corrected chi connectivity index (χ4v) is 1.20. The first-order valence-corrected chi connectivity index (χ1v) is 3.67. The molecule has 2 nitrogen and oxygen atoms in total. The summed E-state index contributed by atoms with van der Waals surface area (Å²) in [6.45, 7) is 4.88. The quantitative estimate of drug-likeness (QED) is 0.580. The second-order valence-corrected chi connectivity index (χ2v) is 3.13. The standard InChI is InChI=1S/C7H14FNO/c1-5(2)9-3-6(8)7(10)4-9/h5-7,10H,3-4H2,1-2H3/t6-,7-/m0/s1. The molecule has 1 aliphatic heterocycles. The highest BCUT2D eigenvalue weighted by Crippen LogP contribution is 2.15. The maximum atomic E-state index is 12.6. The van der Waals surface area contributed by atoms with E-state index in [1.54, 1.807) is 0 Å². The minimum absolute atomic E-state index is 0.343. The second kappa shape index (κ2) is 2.84. The molecule has 0 aromatic carbocycles. The van der Waals surface area contributed by atoms with Crippen LogP contribution in [0.4, 0.5) is 4.39 Å². The number of likely N-dealkylation sites (tertiary alicyclic amines) is 1. The molecular weight excluding hydrogens is 133 g/mol. The van der Waals surface area contributed by atoms with Crippen molar-refractivity contribution in [2.45, 2.75) is 32.2 Å². The van der Waals surface area contributed by atoms with Gasteiger partial charge < -0.3 is 5.11 Å². The van der Waals surface area contributed by atoms with E-state index in [4.69, 9.17) is 5.11 Å². The topological polar surface area (TPSA) is 23.5 Å². The van der Waals surface area contributed by atoms with Crippen LogP contribution in [0.5, 0.6) is 0 Å². The van der Waals surface area contributed by atoms with Crippen molar-refractivity contribution in [2.75, 3.05) is 13.1 Å². The molecule has 3 heteroatoms. The molecule has 0 bridgehead atoms. The van der Waals surface area contributed by atoms with E-state index in [1.165, 1.54) is 0 Å². The summed E-state index contributed by atoms with van der Waals surface area (Å²) >= 11 is 0. The third-order valence-corrected chi connectivity index (χ3v) is 1.98. The van der Waals surface area contributed by atoms with Gasteiger partial charge in [-0.25, -0.2) is 4.39 Å². The summed E-state index contributed by atoms with van der Waals surface area (Å²) < 4.78 is 12.6. The third kappa shape index (κ3) is 1.47. The van der Waals surface area contributed by atoms with Crippen molar-refractivity contribution in [3.63, 3.8) is 0 Å². The van der Waals surface area contributed by atoms with Crippen LogP contribution in [0, 0.1) is 0 Å². The van der Waals surface area contributed by atoms with Gasteiger partial charge in [-0.05, 0) is 13.8 Å². The maximum Gasteiger partial charge on any atom is 0.140 e. The highest BCUT2D eigenvalue weighted by molar-refractivity contribution is 4.84. The lowest BCUT2D eigenvalue weighted by Crippen LogP contribution is -2.29. The maximum absolute atomic E-state index is 12.6. The zero-order chi connectivity index (χ0) is 7.72. The number of hydrogen-bond acceptors (Lipinski definition) is 2. The van der Waals surface area contributed by atoms with Crippen LogP contribution in [0.1, 0.15) is 13.8 Å². The first-order valence-electron chi connectivity index (χ1n) is 3.67. The molecule has 1 heterocycles. The largest absolute Gasteiger partial charge is 0.389 e. The molecule has 1 aliphatic rings. The normalized spacial score (nSPS) is 35.7. The molecule has 1 N–H and O–H groups in total. The van der Waals surface area contributed by atoms with Crippen LogP contribution in [0.15, 0.2) is 0 Å². The van der Waals surface area contributed by atoms with Crippen molar-refractivity contribution in [3.8, 4) is 0 Å². The van der Waals surface area contributed by atoms with Gasteiger partial charge in [-0.1, -0.05) is 0 Å². The fourth-order valence-electron chi connectivity index (χ4n) is 1.20. The molecular formula is C7H14FNO. The van der Waals surface area contributed by atoms with Crippen molar-refractivity contribution in [2.24, 2.45) is 0 Å². The summed E-state index contributed by atoms with van der Waals surface area (Å²) in [5.41, 5.74) is 0. The fraction of sp³-hybridized carbons (Fsp3) is 1.00. The van der Waals surface area contributed by atoms with Crippen molar-refractivity contribution in [1.29, 1.82) is 0 Å². The number of β-amino-alcohol motifs (C(OH)–C–C–N with tert-alkyl or cyclic N) is 1. The van der Waals surface area contributed by atoms with Crippen LogP contribution in [0.3, 0.4) is 0 Å². The third-order valence-electron chi connectivity index (χ3n) is 1.98. The Morgan fingerprint density at radius 3 is 2.30 bits per heavy atom. The molecule has 0 spiro atoms. The van der Waals surface area contributed by atoms with Crippen molar-refractivity contribution in [1.82, 2.24) is 4.90 Å². The molecule has 0 aromatic rings. The molecule has 10 heavy (non-hydrogen) atoms. The Bertz CT molecular complexity index is 108. The van der Waals surface area contributed by atoms with Crippen molar-refractivity contribution in [3.05, 3.63) is 0 Å². The van der Waals surface area contributed by atoms with E-state index in [1.807, 2.05) is 18.7 Å². The molecule has 1 rings (SSSR count). The minimum atomic E-state index is -1.04. The minimum Gasteiger partial charge on any atom is -0.389 e. The number of aliphatic hydroxyl groups excluding tert-OH is 1. The van der Waals surface area contributed by atoms with Gasteiger partial charge in [0.2, 0.25) is 0 Å². The lowest BCUT2D eigenvalue weighted by molar-refractivity contribution is 0.115. The second-order valence-electron chi connectivity index (χ2n) is 3.13. The first-order chi connectivity index (χ1) is 4.61. The lowest BCUT2D eigenvalue weighted by atomic mass is 10.3. The van der Waals surface area contributed by atoms with Gasteiger partial charge in [-0.2, -0.15) is 0 Å². The van der Waals surface area contributed by atoms with Gasteiger partial charge in [-0.15, -0.1) is 0 Å². The number of aliphatic hydroxyl groups is 1. The average Bonchev–Trinajstić information content (AvgIpc) is 2.13. The molecule has 1 saturated heterocycles. The summed E-state index contributed by atoms with van der Waals surface area (Å²) in [6.07, 6.45) is -1.80. The van der Waals surface area contributed by atoms with Gasteiger partial charge in [0, 0.05) is 19.1 Å². The number of rotatable bonds is 1. The number of nitrogens with zero attached hydrogens (tertiary/aromatic N) is 1. The van der Waals surface area contributed by atoms with E-state index in [9.17, 15) is 4.39 Å². The predicted molar refractivity (Wildman–Crippen MR) is 37.6 cm³/mol. The van der Waals surface area contributed by atoms with E-state index in [0.29, 0.717) is 19.1 Å². The van der Waals surface area contributed by atoms with Crippen LogP contribution in [0.2, 0.25) is 0 Å². The Morgan fingerprint density at radius 1 is 1.50 bits per heavy atom. The SMILES string of the molecule is CC(C)N1C[C@H](O)[C@@H](F)C1. The number of alkyl halides is 1. The van der Waals surface area contributed by atoms with Crippen LogP contribution >= 0.6 is 0 Å². The molecule has 1 fully saturated rings. The van der Waals surface area contributed by atoms with E-state index in [0.717, 1.165) is 0 Å². The zero-order valence-corrected chi connectivity index (χ0v) is 6.42. The number of halogens is 1. The highest BCUT2D eigenvalue weighted by Gasteiger charge is 2.31. The molecule has 0 saturated carbocycles. The van der Waals surface area contributed by atoms with Gasteiger partial charge in [0.1, 0.15) is 6.17 Å². The first kappa shape index (κ1) is 7.95. The number of hydrogen-bond donors (Lipinski definition) is 1. The van der Waals surface area contributed by atoms with Gasteiger partial charge >= 0.3 is 0 Å².